The number of benzene rings is 1. The van der Waals surface area contributed by atoms with Crippen LogP contribution in [0.3, 0.4) is 0 Å². The number of ether oxygens (including phenoxy) is 1. The van der Waals surface area contributed by atoms with E-state index in [-0.39, 0.29) is 17.5 Å². The molecule has 0 radical (unpaired) electrons. The van der Waals surface area contributed by atoms with Crippen molar-refractivity contribution < 1.29 is 9.13 Å². The third kappa shape index (κ3) is 2.11. The van der Waals surface area contributed by atoms with Gasteiger partial charge in [0.2, 0.25) is 5.95 Å². The minimum atomic E-state index is -0.332. The largest absolute Gasteiger partial charge is 0.494 e. The molecule has 2 heterocycles. The molecule has 0 fully saturated rings. The molecule has 5 nitrogen and oxygen atoms in total. The van der Waals surface area contributed by atoms with E-state index in [0.717, 1.165) is 17.8 Å². The molecule has 6 heteroatoms. The summed E-state index contributed by atoms with van der Waals surface area (Å²) in [4.78, 5) is 4.21. The Morgan fingerprint density at radius 1 is 1.45 bits per heavy atom. The van der Waals surface area contributed by atoms with Gasteiger partial charge in [-0.15, -0.1) is 5.10 Å². The molecule has 2 aromatic rings. The molecule has 2 atom stereocenters. The Balaban J connectivity index is 1.92. The monoisotopic (exact) mass is 276 g/mol. The summed E-state index contributed by atoms with van der Waals surface area (Å²) in [6, 6.07) is 5.13. The van der Waals surface area contributed by atoms with Crippen LogP contribution in [-0.4, -0.2) is 21.9 Å². The predicted molar refractivity (Wildman–Crippen MR) is 73.0 cm³/mol. The minimum absolute atomic E-state index is 0.198. The number of nitrogens with two attached hydrogens (primary N) is 1. The van der Waals surface area contributed by atoms with Gasteiger partial charge >= 0.3 is 0 Å². The molecular formula is C14H17FN4O. The van der Waals surface area contributed by atoms with Crippen LogP contribution in [0.25, 0.3) is 0 Å². The average Bonchev–Trinajstić information content (AvgIpc) is 2.76. The van der Waals surface area contributed by atoms with Crippen molar-refractivity contribution in [2.45, 2.75) is 25.8 Å². The van der Waals surface area contributed by atoms with E-state index in [1.54, 1.807) is 12.1 Å². The van der Waals surface area contributed by atoms with E-state index >= 15 is 0 Å². The van der Waals surface area contributed by atoms with Crippen LogP contribution in [0.5, 0.6) is 5.75 Å². The smallest absolute Gasteiger partial charge is 0.239 e. The number of anilines is 1. The van der Waals surface area contributed by atoms with Crippen LogP contribution in [0, 0.1) is 11.7 Å². The SMILES string of the molecule is COc1ccc(C2Cn3nc(N)nc3CC2C)cc1F. The third-order valence-corrected chi connectivity index (χ3v) is 3.93. The van der Waals surface area contributed by atoms with Crippen molar-refractivity contribution in [1.82, 2.24) is 14.8 Å². The normalized spacial score (nSPS) is 21.6. The second-order valence-corrected chi connectivity index (χ2v) is 5.25. The van der Waals surface area contributed by atoms with Crippen LogP contribution >= 0.6 is 0 Å². The summed E-state index contributed by atoms with van der Waals surface area (Å²) in [5, 5.41) is 4.18. The van der Waals surface area contributed by atoms with Crippen molar-refractivity contribution in [2.75, 3.05) is 12.8 Å². The fourth-order valence-electron chi connectivity index (χ4n) is 2.83. The molecule has 1 aromatic heterocycles. The lowest BCUT2D eigenvalue weighted by atomic mass is 9.83. The van der Waals surface area contributed by atoms with Crippen LogP contribution in [0.2, 0.25) is 0 Å². The van der Waals surface area contributed by atoms with E-state index in [1.807, 2.05) is 10.7 Å². The molecule has 1 aliphatic heterocycles. The summed E-state index contributed by atoms with van der Waals surface area (Å²) < 4.78 is 20.6. The lowest BCUT2D eigenvalue weighted by molar-refractivity contribution is 0.328. The second-order valence-electron chi connectivity index (χ2n) is 5.25. The lowest BCUT2D eigenvalue weighted by Crippen LogP contribution is -2.27. The first-order valence-electron chi connectivity index (χ1n) is 6.61. The lowest BCUT2D eigenvalue weighted by Gasteiger charge is -2.29. The number of nitrogen functional groups attached to an aromatic ring is 1. The standard InChI is InChI=1S/C14H17FN4O/c1-8-5-13-17-14(16)18-19(13)7-10(8)9-3-4-12(20-2)11(15)6-9/h3-4,6,8,10H,5,7H2,1-2H3,(H2,16,18). The van der Waals surface area contributed by atoms with Gasteiger partial charge < -0.3 is 10.5 Å². The van der Waals surface area contributed by atoms with Crippen molar-refractivity contribution in [3.05, 3.63) is 35.4 Å². The van der Waals surface area contributed by atoms with Gasteiger partial charge in [-0.05, 0) is 23.6 Å². The molecule has 0 saturated carbocycles. The predicted octanol–water partition coefficient (Wildman–Crippen LogP) is 1.98. The Hall–Kier alpha value is -2.11. The van der Waals surface area contributed by atoms with E-state index < -0.39 is 0 Å². The number of halogens is 1. The molecule has 0 aliphatic carbocycles. The Kier molecular flexibility index (Phi) is 3.08. The molecule has 20 heavy (non-hydrogen) atoms. The highest BCUT2D eigenvalue weighted by Gasteiger charge is 2.29. The number of aromatic nitrogens is 3. The molecule has 2 unspecified atom stereocenters. The summed E-state index contributed by atoms with van der Waals surface area (Å²) >= 11 is 0. The topological polar surface area (TPSA) is 66.0 Å². The van der Waals surface area contributed by atoms with Gasteiger partial charge in [0.15, 0.2) is 11.6 Å². The van der Waals surface area contributed by atoms with Gasteiger partial charge in [-0.2, -0.15) is 4.98 Å². The first-order chi connectivity index (χ1) is 9.58. The highest BCUT2D eigenvalue weighted by Crippen LogP contribution is 2.34. The van der Waals surface area contributed by atoms with E-state index in [0.29, 0.717) is 18.4 Å². The summed E-state index contributed by atoms with van der Waals surface area (Å²) in [5.74, 6) is 1.70. The molecule has 0 spiro atoms. The first-order valence-corrected chi connectivity index (χ1v) is 6.61. The van der Waals surface area contributed by atoms with Gasteiger partial charge in [0, 0.05) is 12.3 Å². The maximum absolute atomic E-state index is 13.9. The van der Waals surface area contributed by atoms with Crippen LogP contribution in [0.4, 0.5) is 10.3 Å². The summed E-state index contributed by atoms with van der Waals surface area (Å²) in [7, 11) is 1.46. The molecule has 0 amide bonds. The number of nitrogens with zero attached hydrogens (tertiary/aromatic N) is 3. The Morgan fingerprint density at radius 2 is 2.25 bits per heavy atom. The van der Waals surface area contributed by atoms with Crippen LogP contribution in [-0.2, 0) is 13.0 Å². The second kappa shape index (κ2) is 4.77. The molecule has 1 aromatic carbocycles. The Morgan fingerprint density at radius 3 is 2.95 bits per heavy atom. The third-order valence-electron chi connectivity index (χ3n) is 3.93. The van der Waals surface area contributed by atoms with E-state index in [1.165, 1.54) is 7.11 Å². The highest BCUT2D eigenvalue weighted by molar-refractivity contribution is 5.32. The quantitative estimate of drug-likeness (QED) is 0.911. The van der Waals surface area contributed by atoms with Gasteiger partial charge in [-0.25, -0.2) is 9.07 Å². The molecular weight excluding hydrogens is 259 g/mol. The molecule has 3 rings (SSSR count). The van der Waals surface area contributed by atoms with Gasteiger partial charge in [-0.1, -0.05) is 13.0 Å². The van der Waals surface area contributed by atoms with E-state index in [4.69, 9.17) is 10.5 Å². The van der Waals surface area contributed by atoms with Gasteiger partial charge in [0.25, 0.3) is 0 Å². The average molecular weight is 276 g/mol. The molecule has 106 valence electrons. The molecule has 0 saturated heterocycles. The highest BCUT2D eigenvalue weighted by atomic mass is 19.1. The van der Waals surface area contributed by atoms with Crippen LogP contribution < -0.4 is 10.5 Å². The number of methoxy groups -OCH3 is 1. The fourth-order valence-corrected chi connectivity index (χ4v) is 2.83. The number of rotatable bonds is 2. The van der Waals surface area contributed by atoms with Gasteiger partial charge in [0.1, 0.15) is 5.82 Å². The van der Waals surface area contributed by atoms with Crippen molar-refractivity contribution in [1.29, 1.82) is 0 Å². The molecule has 0 bridgehead atoms. The molecule has 1 aliphatic rings. The maximum atomic E-state index is 13.9. The van der Waals surface area contributed by atoms with Crippen molar-refractivity contribution in [3.8, 4) is 5.75 Å². The van der Waals surface area contributed by atoms with Crippen molar-refractivity contribution in [3.63, 3.8) is 0 Å². The van der Waals surface area contributed by atoms with Gasteiger partial charge in [0.05, 0.1) is 13.7 Å². The van der Waals surface area contributed by atoms with Crippen LogP contribution in [0.1, 0.15) is 24.2 Å². The number of hydrogen-bond donors (Lipinski definition) is 1. The first kappa shape index (κ1) is 12.9. The van der Waals surface area contributed by atoms with Crippen LogP contribution in [0.15, 0.2) is 18.2 Å². The zero-order valence-corrected chi connectivity index (χ0v) is 11.5. The number of hydrogen-bond acceptors (Lipinski definition) is 4. The van der Waals surface area contributed by atoms with Crippen molar-refractivity contribution >= 4 is 5.95 Å². The summed E-state index contributed by atoms with van der Waals surface area (Å²) in [6.07, 6.45) is 0.794. The zero-order chi connectivity index (χ0) is 14.3. The minimum Gasteiger partial charge on any atom is -0.494 e. The number of fused-ring (bicyclic) bond motifs is 1. The zero-order valence-electron chi connectivity index (χ0n) is 11.5. The van der Waals surface area contributed by atoms with E-state index in [2.05, 4.69) is 17.0 Å². The maximum Gasteiger partial charge on any atom is 0.239 e. The molecule has 2 N–H and O–H groups in total. The van der Waals surface area contributed by atoms with Gasteiger partial charge in [-0.3, -0.25) is 0 Å². The summed E-state index contributed by atoms with van der Waals surface area (Å²) in [6.45, 7) is 2.81. The summed E-state index contributed by atoms with van der Waals surface area (Å²) in [5.41, 5.74) is 6.58. The van der Waals surface area contributed by atoms with Crippen molar-refractivity contribution in [2.24, 2.45) is 5.92 Å². The Bertz CT molecular complexity index is 640. The van der Waals surface area contributed by atoms with E-state index in [9.17, 15) is 4.39 Å². The Labute approximate surface area is 116 Å². The fraction of sp³-hybridized carbons (Fsp3) is 0.429.